The van der Waals surface area contributed by atoms with Gasteiger partial charge in [-0.2, -0.15) is 0 Å². The van der Waals surface area contributed by atoms with E-state index in [0.29, 0.717) is 12.2 Å². The predicted octanol–water partition coefficient (Wildman–Crippen LogP) is 4.23. The van der Waals surface area contributed by atoms with Crippen molar-refractivity contribution in [2.24, 2.45) is 10.6 Å². The van der Waals surface area contributed by atoms with Gasteiger partial charge in [-0.05, 0) is 56.2 Å². The topological polar surface area (TPSA) is 47.9 Å². The third-order valence-electron chi connectivity index (χ3n) is 3.43. The van der Waals surface area contributed by atoms with Crippen LogP contribution in [0.5, 0.6) is 5.75 Å². The van der Waals surface area contributed by atoms with Crippen molar-refractivity contribution in [3.8, 4) is 5.75 Å². The average molecular weight is 325 g/mol. The zero-order valence-corrected chi connectivity index (χ0v) is 14.6. The van der Waals surface area contributed by atoms with Gasteiger partial charge in [-0.1, -0.05) is 35.5 Å². The molecule has 0 amide bonds. The van der Waals surface area contributed by atoms with Crippen molar-refractivity contribution in [1.82, 2.24) is 0 Å². The third kappa shape index (κ3) is 4.95. The van der Waals surface area contributed by atoms with Crippen LogP contribution in [0.15, 0.2) is 59.8 Å². The molecule has 0 unspecified atom stereocenters. The molecule has 0 aliphatic heterocycles. The van der Waals surface area contributed by atoms with Crippen LogP contribution in [-0.4, -0.2) is 18.8 Å². The zero-order valence-electron chi connectivity index (χ0n) is 14.6. The summed E-state index contributed by atoms with van der Waals surface area (Å²) in [5.41, 5.74) is 2.36. The fourth-order valence-corrected chi connectivity index (χ4v) is 2.06. The molecular weight excluding hydrogens is 302 g/mol. The van der Waals surface area contributed by atoms with E-state index in [9.17, 15) is 4.79 Å². The predicted molar refractivity (Wildman–Crippen MR) is 95.2 cm³/mol. The van der Waals surface area contributed by atoms with Gasteiger partial charge in [0.1, 0.15) is 12.9 Å². The summed E-state index contributed by atoms with van der Waals surface area (Å²) in [6, 6.07) is 17.4. The number of carbonyl (C=O) groups excluding carboxylic acids is 1. The summed E-state index contributed by atoms with van der Waals surface area (Å²) in [5, 5.41) is 4.13. The lowest BCUT2D eigenvalue weighted by Gasteiger charge is -2.16. The SMILES string of the molecule is CON=C(Cc1ccccc1)c1ccc(OC(=O)C(C)(C)C)cc1. The van der Waals surface area contributed by atoms with E-state index in [4.69, 9.17) is 9.57 Å². The molecule has 0 saturated carbocycles. The minimum atomic E-state index is -0.533. The largest absolute Gasteiger partial charge is 0.426 e. The second kappa shape index (κ2) is 7.77. The Labute approximate surface area is 143 Å². The quantitative estimate of drug-likeness (QED) is 0.358. The van der Waals surface area contributed by atoms with Gasteiger partial charge in [0.15, 0.2) is 0 Å². The van der Waals surface area contributed by atoms with Gasteiger partial charge in [0.2, 0.25) is 0 Å². The molecule has 0 radical (unpaired) electrons. The van der Waals surface area contributed by atoms with Gasteiger partial charge in [-0.15, -0.1) is 0 Å². The van der Waals surface area contributed by atoms with E-state index >= 15 is 0 Å². The summed E-state index contributed by atoms with van der Waals surface area (Å²) in [6.45, 7) is 5.48. The Morgan fingerprint density at radius 3 is 2.17 bits per heavy atom. The van der Waals surface area contributed by atoms with Crippen LogP contribution < -0.4 is 4.74 Å². The normalized spacial score (nSPS) is 11.9. The van der Waals surface area contributed by atoms with Crippen molar-refractivity contribution in [3.63, 3.8) is 0 Å². The van der Waals surface area contributed by atoms with E-state index < -0.39 is 5.41 Å². The molecule has 0 bridgehead atoms. The number of rotatable bonds is 5. The molecule has 0 N–H and O–H groups in total. The van der Waals surface area contributed by atoms with Crippen LogP contribution in [-0.2, 0) is 16.1 Å². The van der Waals surface area contributed by atoms with Crippen molar-refractivity contribution in [2.75, 3.05) is 7.11 Å². The fraction of sp³-hybridized carbons (Fsp3) is 0.300. The first-order valence-electron chi connectivity index (χ1n) is 7.87. The van der Waals surface area contributed by atoms with Crippen LogP contribution >= 0.6 is 0 Å². The van der Waals surface area contributed by atoms with Crippen LogP contribution in [0.4, 0.5) is 0 Å². The standard InChI is InChI=1S/C20H23NO3/c1-20(2,3)19(22)24-17-12-10-16(11-13-17)18(21-23-4)14-15-8-6-5-7-9-15/h5-13H,14H2,1-4H3. The fourth-order valence-electron chi connectivity index (χ4n) is 2.06. The number of oxime groups is 1. The molecule has 4 nitrogen and oxygen atoms in total. The highest BCUT2D eigenvalue weighted by atomic mass is 16.6. The maximum absolute atomic E-state index is 11.9. The van der Waals surface area contributed by atoms with Crippen molar-refractivity contribution in [1.29, 1.82) is 0 Å². The van der Waals surface area contributed by atoms with Crippen molar-refractivity contribution in [2.45, 2.75) is 27.2 Å². The van der Waals surface area contributed by atoms with Crippen LogP contribution in [0.2, 0.25) is 0 Å². The zero-order chi connectivity index (χ0) is 17.6. The average Bonchev–Trinajstić information content (AvgIpc) is 2.55. The summed E-state index contributed by atoms with van der Waals surface area (Å²) < 4.78 is 5.38. The molecule has 0 saturated heterocycles. The second-order valence-electron chi connectivity index (χ2n) is 6.55. The third-order valence-corrected chi connectivity index (χ3v) is 3.43. The molecule has 4 heteroatoms. The Kier molecular flexibility index (Phi) is 5.74. The first-order chi connectivity index (χ1) is 11.4. The van der Waals surface area contributed by atoms with Gasteiger partial charge in [0.25, 0.3) is 0 Å². The summed E-state index contributed by atoms with van der Waals surface area (Å²) in [7, 11) is 1.53. The Morgan fingerprint density at radius 2 is 1.62 bits per heavy atom. The number of benzene rings is 2. The maximum atomic E-state index is 11.9. The van der Waals surface area contributed by atoms with E-state index in [0.717, 1.165) is 16.8 Å². The lowest BCUT2D eigenvalue weighted by atomic mass is 9.97. The smallest absolute Gasteiger partial charge is 0.316 e. The summed E-state index contributed by atoms with van der Waals surface area (Å²) in [4.78, 5) is 16.9. The van der Waals surface area contributed by atoms with Crippen molar-refractivity contribution >= 4 is 11.7 Å². The monoisotopic (exact) mass is 325 g/mol. The van der Waals surface area contributed by atoms with Crippen molar-refractivity contribution < 1.29 is 14.4 Å². The summed E-state index contributed by atoms with van der Waals surface area (Å²) >= 11 is 0. The Bertz CT molecular complexity index is 698. The van der Waals surface area contributed by atoms with Gasteiger partial charge >= 0.3 is 5.97 Å². The molecule has 0 spiro atoms. The van der Waals surface area contributed by atoms with Crippen LogP contribution in [0.25, 0.3) is 0 Å². The number of nitrogens with zero attached hydrogens (tertiary/aromatic N) is 1. The lowest BCUT2D eigenvalue weighted by molar-refractivity contribution is -0.142. The van der Waals surface area contributed by atoms with E-state index in [1.54, 1.807) is 12.1 Å². The molecule has 24 heavy (non-hydrogen) atoms. The Morgan fingerprint density at radius 1 is 1.00 bits per heavy atom. The Balaban J connectivity index is 2.15. The van der Waals surface area contributed by atoms with E-state index in [1.807, 2.05) is 63.2 Å². The molecule has 2 aromatic rings. The Hall–Kier alpha value is -2.62. The second-order valence-corrected chi connectivity index (χ2v) is 6.55. The first-order valence-corrected chi connectivity index (χ1v) is 7.87. The first kappa shape index (κ1) is 17.7. The molecule has 0 aliphatic carbocycles. The molecule has 126 valence electrons. The van der Waals surface area contributed by atoms with Gasteiger partial charge in [-0.3, -0.25) is 4.79 Å². The molecule has 0 aromatic heterocycles. The van der Waals surface area contributed by atoms with Crippen LogP contribution in [0.1, 0.15) is 31.9 Å². The number of carbonyl (C=O) groups is 1. The number of esters is 1. The van der Waals surface area contributed by atoms with Gasteiger partial charge in [-0.25, -0.2) is 0 Å². The van der Waals surface area contributed by atoms with Gasteiger partial charge in [0.05, 0.1) is 11.1 Å². The summed E-state index contributed by atoms with van der Waals surface area (Å²) in [5.74, 6) is 0.264. The van der Waals surface area contributed by atoms with E-state index in [-0.39, 0.29) is 5.97 Å². The highest BCUT2D eigenvalue weighted by molar-refractivity contribution is 6.01. The molecule has 0 atom stereocenters. The molecule has 0 aliphatic rings. The molecule has 2 rings (SSSR count). The molecular formula is C20H23NO3. The minimum Gasteiger partial charge on any atom is -0.426 e. The highest BCUT2D eigenvalue weighted by Gasteiger charge is 2.23. The number of hydrogen-bond donors (Lipinski definition) is 0. The highest BCUT2D eigenvalue weighted by Crippen LogP contribution is 2.20. The van der Waals surface area contributed by atoms with E-state index in [1.165, 1.54) is 7.11 Å². The lowest BCUT2D eigenvalue weighted by Crippen LogP contribution is -2.25. The van der Waals surface area contributed by atoms with E-state index in [2.05, 4.69) is 5.16 Å². The van der Waals surface area contributed by atoms with Crippen LogP contribution in [0.3, 0.4) is 0 Å². The summed E-state index contributed by atoms with van der Waals surface area (Å²) in [6.07, 6.45) is 0.663. The molecule has 2 aromatic carbocycles. The van der Waals surface area contributed by atoms with Crippen molar-refractivity contribution in [3.05, 3.63) is 65.7 Å². The number of ether oxygens (including phenoxy) is 1. The maximum Gasteiger partial charge on any atom is 0.316 e. The van der Waals surface area contributed by atoms with Crippen LogP contribution in [0, 0.1) is 5.41 Å². The van der Waals surface area contributed by atoms with Gasteiger partial charge in [0, 0.05) is 6.42 Å². The minimum absolute atomic E-state index is 0.259. The molecule has 0 fully saturated rings. The molecule has 0 heterocycles. The van der Waals surface area contributed by atoms with Gasteiger partial charge < -0.3 is 9.57 Å². The number of hydrogen-bond acceptors (Lipinski definition) is 4.